The highest BCUT2D eigenvalue weighted by atomic mass is 16.3. The number of nitrogens with one attached hydrogen (secondary N) is 2. The summed E-state index contributed by atoms with van der Waals surface area (Å²) in [5.41, 5.74) is 2.01. The van der Waals surface area contributed by atoms with Gasteiger partial charge < -0.3 is 20.5 Å². The smallest absolute Gasteiger partial charge is 0.251 e. The van der Waals surface area contributed by atoms with E-state index in [0.717, 1.165) is 11.0 Å². The number of aromatic hydroxyl groups is 2. The predicted molar refractivity (Wildman–Crippen MR) is 77.0 cm³/mol. The van der Waals surface area contributed by atoms with Gasteiger partial charge in [0.1, 0.15) is 5.82 Å². The number of aromatic amines is 1. The molecule has 0 unspecified atom stereocenters. The monoisotopic (exact) mass is 283 g/mol. The summed E-state index contributed by atoms with van der Waals surface area (Å²) >= 11 is 0. The van der Waals surface area contributed by atoms with Gasteiger partial charge in [-0.2, -0.15) is 0 Å². The Morgan fingerprint density at radius 2 is 1.95 bits per heavy atom. The van der Waals surface area contributed by atoms with Gasteiger partial charge in [-0.3, -0.25) is 4.79 Å². The first-order valence-corrected chi connectivity index (χ1v) is 6.37. The molecule has 0 atom stereocenters. The van der Waals surface area contributed by atoms with Crippen LogP contribution in [0.15, 0.2) is 42.5 Å². The molecule has 6 nitrogen and oxygen atoms in total. The molecule has 0 bridgehead atoms. The number of carbonyl (C=O) groups is 1. The van der Waals surface area contributed by atoms with Crippen LogP contribution in [0.3, 0.4) is 0 Å². The minimum absolute atomic E-state index is 0.245. The maximum atomic E-state index is 12.0. The lowest BCUT2D eigenvalue weighted by molar-refractivity contribution is 0.0949. The number of rotatable bonds is 3. The Bertz CT molecular complexity index is 778. The van der Waals surface area contributed by atoms with Gasteiger partial charge in [0.2, 0.25) is 0 Å². The molecular weight excluding hydrogens is 270 g/mol. The average molecular weight is 283 g/mol. The molecule has 0 aliphatic carbocycles. The first-order chi connectivity index (χ1) is 10.1. The molecule has 0 aliphatic heterocycles. The molecule has 6 heteroatoms. The van der Waals surface area contributed by atoms with Crippen molar-refractivity contribution in [2.24, 2.45) is 0 Å². The van der Waals surface area contributed by atoms with E-state index in [1.54, 1.807) is 0 Å². The first kappa shape index (κ1) is 13.0. The van der Waals surface area contributed by atoms with Gasteiger partial charge in [-0.05, 0) is 30.3 Å². The number of benzene rings is 2. The van der Waals surface area contributed by atoms with E-state index in [1.807, 2.05) is 24.3 Å². The zero-order valence-corrected chi connectivity index (χ0v) is 11.0. The molecule has 0 saturated carbocycles. The van der Waals surface area contributed by atoms with Crippen LogP contribution in [0.2, 0.25) is 0 Å². The van der Waals surface area contributed by atoms with Crippen LogP contribution >= 0.6 is 0 Å². The fourth-order valence-electron chi connectivity index (χ4n) is 2.02. The molecule has 0 fully saturated rings. The van der Waals surface area contributed by atoms with Gasteiger partial charge in [0.05, 0.1) is 17.6 Å². The van der Waals surface area contributed by atoms with Crippen LogP contribution < -0.4 is 5.32 Å². The molecule has 1 amide bonds. The highest BCUT2D eigenvalue weighted by molar-refractivity contribution is 5.94. The number of nitrogens with zero attached hydrogens (tertiary/aromatic N) is 1. The number of H-pyrrole nitrogens is 1. The van der Waals surface area contributed by atoms with Crippen molar-refractivity contribution >= 4 is 16.9 Å². The Hall–Kier alpha value is -3.02. The molecular formula is C15H13N3O3. The van der Waals surface area contributed by atoms with Crippen LogP contribution in [0.5, 0.6) is 11.5 Å². The molecule has 3 aromatic rings. The SMILES string of the molecule is O=C(NCc1nc2ccccc2[nH]1)c1ccc(O)c(O)c1. The Labute approximate surface area is 120 Å². The van der Waals surface area contributed by atoms with Crippen molar-refractivity contribution in [2.75, 3.05) is 0 Å². The quantitative estimate of drug-likeness (QED) is 0.552. The summed E-state index contributed by atoms with van der Waals surface area (Å²) in [6.45, 7) is 0.245. The molecule has 21 heavy (non-hydrogen) atoms. The Morgan fingerprint density at radius 3 is 2.71 bits per heavy atom. The topological polar surface area (TPSA) is 98.2 Å². The molecule has 0 aliphatic rings. The van der Waals surface area contributed by atoms with Gasteiger partial charge in [0.25, 0.3) is 5.91 Å². The number of phenols is 2. The van der Waals surface area contributed by atoms with Crippen molar-refractivity contribution in [3.05, 3.63) is 53.9 Å². The van der Waals surface area contributed by atoms with Gasteiger partial charge in [-0.1, -0.05) is 12.1 Å². The summed E-state index contributed by atoms with van der Waals surface area (Å²) in [6, 6.07) is 11.5. The summed E-state index contributed by atoms with van der Waals surface area (Å²) in [5, 5.41) is 21.3. The largest absolute Gasteiger partial charge is 0.504 e. The zero-order chi connectivity index (χ0) is 14.8. The van der Waals surface area contributed by atoms with E-state index in [1.165, 1.54) is 18.2 Å². The average Bonchev–Trinajstić information content (AvgIpc) is 2.90. The van der Waals surface area contributed by atoms with Crippen LogP contribution in [0.4, 0.5) is 0 Å². The number of fused-ring (bicyclic) bond motifs is 1. The number of hydrogen-bond donors (Lipinski definition) is 4. The lowest BCUT2D eigenvalue weighted by Gasteiger charge is -2.04. The third-order valence-corrected chi connectivity index (χ3v) is 3.09. The Morgan fingerprint density at radius 1 is 1.14 bits per heavy atom. The molecule has 0 spiro atoms. The number of para-hydroxylation sites is 2. The second kappa shape index (κ2) is 5.16. The minimum Gasteiger partial charge on any atom is -0.504 e. The number of amides is 1. The van der Waals surface area contributed by atoms with Crippen molar-refractivity contribution in [3.63, 3.8) is 0 Å². The van der Waals surface area contributed by atoms with Crippen LogP contribution in [0, 0.1) is 0 Å². The molecule has 0 radical (unpaired) electrons. The number of hydrogen-bond acceptors (Lipinski definition) is 4. The van der Waals surface area contributed by atoms with Gasteiger partial charge in [-0.15, -0.1) is 0 Å². The third kappa shape index (κ3) is 2.64. The van der Waals surface area contributed by atoms with Crippen LogP contribution in [0.25, 0.3) is 11.0 Å². The highest BCUT2D eigenvalue weighted by Gasteiger charge is 2.09. The first-order valence-electron chi connectivity index (χ1n) is 6.37. The molecule has 106 valence electrons. The maximum absolute atomic E-state index is 12.0. The van der Waals surface area contributed by atoms with Crippen molar-refractivity contribution < 1.29 is 15.0 Å². The Balaban J connectivity index is 1.71. The normalized spacial score (nSPS) is 10.7. The molecule has 0 saturated heterocycles. The van der Waals surface area contributed by atoms with E-state index in [-0.39, 0.29) is 29.5 Å². The van der Waals surface area contributed by atoms with Crippen LogP contribution in [-0.2, 0) is 6.54 Å². The summed E-state index contributed by atoms with van der Waals surface area (Å²) in [6.07, 6.45) is 0. The van der Waals surface area contributed by atoms with E-state index in [0.29, 0.717) is 5.82 Å². The lowest BCUT2D eigenvalue weighted by atomic mass is 10.2. The minimum atomic E-state index is -0.356. The number of carbonyl (C=O) groups excluding carboxylic acids is 1. The fourth-order valence-corrected chi connectivity index (χ4v) is 2.02. The van der Waals surface area contributed by atoms with E-state index in [9.17, 15) is 15.0 Å². The second-order valence-electron chi connectivity index (χ2n) is 4.59. The van der Waals surface area contributed by atoms with Gasteiger partial charge in [0, 0.05) is 5.56 Å². The zero-order valence-electron chi connectivity index (χ0n) is 11.0. The third-order valence-electron chi connectivity index (χ3n) is 3.09. The van der Waals surface area contributed by atoms with E-state index in [2.05, 4.69) is 15.3 Å². The van der Waals surface area contributed by atoms with Crippen molar-refractivity contribution in [2.45, 2.75) is 6.54 Å². The second-order valence-corrected chi connectivity index (χ2v) is 4.59. The van der Waals surface area contributed by atoms with E-state index >= 15 is 0 Å². The standard InChI is InChI=1S/C15H13N3O3/c19-12-6-5-9(7-13(12)20)15(21)16-8-14-17-10-3-1-2-4-11(10)18-14/h1-7,19-20H,8H2,(H,16,21)(H,17,18). The molecule has 3 rings (SSSR count). The molecule has 1 aromatic heterocycles. The molecule has 4 N–H and O–H groups in total. The van der Waals surface area contributed by atoms with Crippen molar-refractivity contribution in [3.8, 4) is 11.5 Å². The maximum Gasteiger partial charge on any atom is 0.251 e. The summed E-state index contributed by atoms with van der Waals surface area (Å²) in [5.74, 6) is -0.298. The summed E-state index contributed by atoms with van der Waals surface area (Å²) in [7, 11) is 0. The van der Waals surface area contributed by atoms with E-state index < -0.39 is 0 Å². The molecule has 2 aromatic carbocycles. The molecule has 1 heterocycles. The van der Waals surface area contributed by atoms with Gasteiger partial charge in [-0.25, -0.2) is 4.98 Å². The lowest BCUT2D eigenvalue weighted by Crippen LogP contribution is -2.23. The van der Waals surface area contributed by atoms with Crippen molar-refractivity contribution in [1.29, 1.82) is 0 Å². The summed E-state index contributed by atoms with van der Waals surface area (Å²) in [4.78, 5) is 19.4. The number of aromatic nitrogens is 2. The van der Waals surface area contributed by atoms with Gasteiger partial charge >= 0.3 is 0 Å². The van der Waals surface area contributed by atoms with E-state index in [4.69, 9.17) is 0 Å². The fraction of sp³-hybridized carbons (Fsp3) is 0.0667. The van der Waals surface area contributed by atoms with Crippen LogP contribution in [0.1, 0.15) is 16.2 Å². The predicted octanol–water partition coefficient (Wildman–Crippen LogP) is 1.90. The highest BCUT2D eigenvalue weighted by Crippen LogP contribution is 2.24. The number of phenolic OH excluding ortho intramolecular Hbond substituents is 2. The summed E-state index contributed by atoms with van der Waals surface area (Å²) < 4.78 is 0. The Kier molecular flexibility index (Phi) is 3.19. The van der Waals surface area contributed by atoms with Crippen molar-refractivity contribution in [1.82, 2.24) is 15.3 Å². The van der Waals surface area contributed by atoms with Crippen LogP contribution in [-0.4, -0.2) is 26.1 Å². The van der Waals surface area contributed by atoms with Gasteiger partial charge in [0.15, 0.2) is 11.5 Å². The number of imidazole rings is 1.